The quantitative estimate of drug-likeness (QED) is 0.749. The summed E-state index contributed by atoms with van der Waals surface area (Å²) in [6.45, 7) is 0.0948. The number of anilines is 1. The van der Waals surface area contributed by atoms with E-state index in [1.165, 1.54) is 12.1 Å². The summed E-state index contributed by atoms with van der Waals surface area (Å²) < 4.78 is 78.1. The molecule has 0 saturated carbocycles. The van der Waals surface area contributed by atoms with Crippen LogP contribution in [0.1, 0.15) is 18.4 Å². The monoisotopic (exact) mass is 430 g/mol. The van der Waals surface area contributed by atoms with Crippen molar-refractivity contribution in [3.8, 4) is 0 Å². The molecule has 10 heteroatoms. The second-order valence-electron chi connectivity index (χ2n) is 6.72. The van der Waals surface area contributed by atoms with Crippen molar-refractivity contribution in [1.29, 1.82) is 0 Å². The maximum Gasteiger partial charge on any atom is 0.416 e. The maximum absolute atomic E-state index is 13.1. The molecule has 1 N–H and O–H groups in total. The fourth-order valence-corrected chi connectivity index (χ4v) is 4.67. The van der Waals surface area contributed by atoms with Gasteiger partial charge in [-0.3, -0.25) is 4.79 Å². The van der Waals surface area contributed by atoms with Gasteiger partial charge in [-0.25, -0.2) is 12.8 Å². The zero-order valence-corrected chi connectivity index (χ0v) is 15.9. The molecular weight excluding hydrogens is 412 g/mol. The third-order valence-corrected chi connectivity index (χ3v) is 6.54. The molecule has 156 valence electrons. The summed E-state index contributed by atoms with van der Waals surface area (Å²) in [6, 6.07) is 8.62. The van der Waals surface area contributed by atoms with Crippen LogP contribution < -0.4 is 5.32 Å². The average Bonchev–Trinajstić information content (AvgIpc) is 2.68. The first kappa shape index (κ1) is 21.3. The van der Waals surface area contributed by atoms with E-state index in [1.807, 2.05) is 0 Å². The summed E-state index contributed by atoms with van der Waals surface area (Å²) in [4.78, 5) is 12.4. The Kier molecular flexibility index (Phi) is 5.95. The number of halogens is 4. The molecule has 0 bridgehead atoms. The highest BCUT2D eigenvalue weighted by atomic mass is 32.2. The van der Waals surface area contributed by atoms with Gasteiger partial charge in [0.25, 0.3) is 0 Å². The molecule has 2 aromatic carbocycles. The molecule has 0 spiro atoms. The highest BCUT2D eigenvalue weighted by molar-refractivity contribution is 7.89. The number of amides is 1. The van der Waals surface area contributed by atoms with E-state index in [4.69, 9.17) is 0 Å². The zero-order valence-electron chi connectivity index (χ0n) is 15.1. The zero-order chi connectivity index (χ0) is 21.2. The lowest BCUT2D eigenvalue weighted by atomic mass is 9.98. The standard InChI is InChI=1S/C19H18F4N2O3S/c20-15-6-8-17(9-7-15)29(27,28)25-10-2-3-13(12-25)18(26)24-16-5-1-4-14(11-16)19(21,22)23/h1,4-9,11,13H,2-3,10,12H2,(H,24,26)/t13-/m1/s1. The number of piperidine rings is 1. The van der Waals surface area contributed by atoms with Crippen LogP contribution in [0.2, 0.25) is 0 Å². The number of nitrogens with zero attached hydrogens (tertiary/aromatic N) is 1. The van der Waals surface area contributed by atoms with Gasteiger partial charge in [0.05, 0.1) is 16.4 Å². The minimum Gasteiger partial charge on any atom is -0.326 e. The van der Waals surface area contributed by atoms with E-state index in [0.717, 1.165) is 40.7 Å². The van der Waals surface area contributed by atoms with E-state index in [2.05, 4.69) is 5.32 Å². The van der Waals surface area contributed by atoms with Gasteiger partial charge in [0.15, 0.2) is 0 Å². The number of nitrogens with one attached hydrogen (secondary N) is 1. The largest absolute Gasteiger partial charge is 0.416 e. The number of alkyl halides is 3. The summed E-state index contributed by atoms with van der Waals surface area (Å²) in [7, 11) is -3.91. The number of carbonyl (C=O) groups is 1. The van der Waals surface area contributed by atoms with E-state index in [9.17, 15) is 30.8 Å². The number of hydrogen-bond acceptors (Lipinski definition) is 3. The molecular formula is C19H18F4N2O3S. The van der Waals surface area contributed by atoms with Crippen LogP contribution in [0.15, 0.2) is 53.4 Å². The fraction of sp³-hybridized carbons (Fsp3) is 0.316. The highest BCUT2D eigenvalue weighted by Crippen LogP contribution is 2.31. The Morgan fingerprint density at radius 3 is 2.45 bits per heavy atom. The molecule has 1 aliphatic heterocycles. The molecule has 1 saturated heterocycles. The Hall–Kier alpha value is -2.46. The Morgan fingerprint density at radius 1 is 1.10 bits per heavy atom. The first-order chi connectivity index (χ1) is 13.6. The van der Waals surface area contributed by atoms with Crippen LogP contribution in [0.5, 0.6) is 0 Å². The van der Waals surface area contributed by atoms with Gasteiger partial charge in [0.2, 0.25) is 15.9 Å². The molecule has 1 heterocycles. The van der Waals surface area contributed by atoms with Gasteiger partial charge < -0.3 is 5.32 Å². The van der Waals surface area contributed by atoms with E-state index in [-0.39, 0.29) is 23.7 Å². The van der Waals surface area contributed by atoms with Gasteiger partial charge in [0.1, 0.15) is 5.82 Å². The van der Waals surface area contributed by atoms with Crippen LogP contribution in [0.25, 0.3) is 0 Å². The third kappa shape index (κ3) is 4.94. The lowest BCUT2D eigenvalue weighted by molar-refractivity contribution is -0.137. The lowest BCUT2D eigenvalue weighted by Gasteiger charge is -2.31. The summed E-state index contributed by atoms with van der Waals surface area (Å²) in [5.41, 5.74) is -0.900. The van der Waals surface area contributed by atoms with Crippen molar-refractivity contribution in [2.75, 3.05) is 18.4 Å². The molecule has 1 fully saturated rings. The SMILES string of the molecule is O=C(Nc1cccc(C(F)(F)F)c1)[C@@H]1CCCN(S(=O)(=O)c2ccc(F)cc2)C1. The predicted octanol–water partition coefficient (Wildman–Crippen LogP) is 3.88. The van der Waals surface area contributed by atoms with Crippen LogP contribution in [0, 0.1) is 11.7 Å². The van der Waals surface area contributed by atoms with Gasteiger partial charge in [0, 0.05) is 18.8 Å². The van der Waals surface area contributed by atoms with Crippen molar-refractivity contribution in [2.24, 2.45) is 5.92 Å². The molecule has 3 rings (SSSR count). The first-order valence-electron chi connectivity index (χ1n) is 8.81. The molecule has 0 aliphatic carbocycles. The van der Waals surface area contributed by atoms with Crippen molar-refractivity contribution in [3.05, 3.63) is 59.9 Å². The van der Waals surface area contributed by atoms with E-state index in [0.29, 0.717) is 12.8 Å². The van der Waals surface area contributed by atoms with Crippen LogP contribution in [-0.2, 0) is 21.0 Å². The van der Waals surface area contributed by atoms with E-state index in [1.54, 1.807) is 0 Å². The number of rotatable bonds is 4. The van der Waals surface area contributed by atoms with Gasteiger partial charge in [-0.2, -0.15) is 17.5 Å². The van der Waals surface area contributed by atoms with Gasteiger partial charge in [-0.05, 0) is 55.3 Å². The predicted molar refractivity (Wildman–Crippen MR) is 98.0 cm³/mol. The lowest BCUT2D eigenvalue weighted by Crippen LogP contribution is -2.43. The van der Waals surface area contributed by atoms with Crippen molar-refractivity contribution in [1.82, 2.24) is 4.31 Å². The fourth-order valence-electron chi connectivity index (χ4n) is 3.15. The van der Waals surface area contributed by atoms with Gasteiger partial charge in [-0.15, -0.1) is 0 Å². The average molecular weight is 430 g/mol. The maximum atomic E-state index is 13.1. The first-order valence-corrected chi connectivity index (χ1v) is 10.3. The molecule has 29 heavy (non-hydrogen) atoms. The van der Waals surface area contributed by atoms with Crippen molar-refractivity contribution in [2.45, 2.75) is 23.9 Å². The number of benzene rings is 2. The molecule has 5 nitrogen and oxygen atoms in total. The smallest absolute Gasteiger partial charge is 0.326 e. The Balaban J connectivity index is 1.72. The molecule has 0 radical (unpaired) electrons. The highest BCUT2D eigenvalue weighted by Gasteiger charge is 2.34. The van der Waals surface area contributed by atoms with E-state index < -0.39 is 39.4 Å². The van der Waals surface area contributed by atoms with Crippen LogP contribution in [-0.4, -0.2) is 31.7 Å². The second kappa shape index (κ2) is 8.11. The molecule has 2 aromatic rings. The minimum absolute atomic E-state index is 0.0108. The topological polar surface area (TPSA) is 66.5 Å². The van der Waals surface area contributed by atoms with Crippen LogP contribution >= 0.6 is 0 Å². The van der Waals surface area contributed by atoms with Crippen molar-refractivity contribution >= 4 is 21.6 Å². The number of sulfonamides is 1. The van der Waals surface area contributed by atoms with Crippen LogP contribution in [0.4, 0.5) is 23.2 Å². The molecule has 0 aromatic heterocycles. The van der Waals surface area contributed by atoms with Gasteiger partial charge >= 0.3 is 6.18 Å². The normalized spacial score (nSPS) is 18.4. The van der Waals surface area contributed by atoms with Crippen molar-refractivity contribution in [3.63, 3.8) is 0 Å². The third-order valence-electron chi connectivity index (χ3n) is 4.66. The summed E-state index contributed by atoms with van der Waals surface area (Å²) >= 11 is 0. The minimum atomic E-state index is -4.54. The Morgan fingerprint density at radius 2 is 1.79 bits per heavy atom. The number of hydrogen-bond donors (Lipinski definition) is 1. The summed E-state index contributed by atoms with van der Waals surface area (Å²) in [5.74, 6) is -1.84. The molecule has 1 aliphatic rings. The van der Waals surface area contributed by atoms with E-state index >= 15 is 0 Å². The number of carbonyl (C=O) groups excluding carboxylic acids is 1. The molecule has 1 amide bonds. The van der Waals surface area contributed by atoms with Crippen molar-refractivity contribution < 1.29 is 30.8 Å². The summed E-state index contributed by atoms with van der Waals surface area (Å²) in [5, 5.41) is 2.43. The van der Waals surface area contributed by atoms with Crippen LogP contribution in [0.3, 0.4) is 0 Å². The second-order valence-corrected chi connectivity index (χ2v) is 8.66. The Labute approximate surface area is 165 Å². The summed E-state index contributed by atoms with van der Waals surface area (Å²) in [6.07, 6.45) is -3.72. The molecule has 0 unspecified atom stereocenters. The molecule has 1 atom stereocenters. The van der Waals surface area contributed by atoms with Gasteiger partial charge in [-0.1, -0.05) is 6.07 Å². The Bertz CT molecular complexity index is 991.